The molecule has 3 unspecified atom stereocenters. The monoisotopic (exact) mass is 281 g/mol. The van der Waals surface area contributed by atoms with E-state index >= 15 is 0 Å². The summed E-state index contributed by atoms with van der Waals surface area (Å²) >= 11 is 0. The normalized spacial score (nSPS) is 26.7. The molecule has 4 nitrogen and oxygen atoms in total. The van der Waals surface area contributed by atoms with Crippen LogP contribution < -0.4 is 0 Å². The number of H-pyrrole nitrogens is 1. The molecule has 2 aromatic rings. The van der Waals surface area contributed by atoms with E-state index in [1.807, 2.05) is 31.3 Å². The zero-order chi connectivity index (χ0) is 14.4. The predicted octanol–water partition coefficient (Wildman–Crippen LogP) is 3.15. The van der Waals surface area contributed by atoms with E-state index in [0.29, 0.717) is 18.4 Å². The van der Waals surface area contributed by atoms with Crippen LogP contribution in [0, 0.1) is 5.92 Å². The van der Waals surface area contributed by atoms with Crippen molar-refractivity contribution in [2.45, 2.75) is 38.3 Å². The number of hydrogen-bond acceptors (Lipinski definition) is 2. The third-order valence-electron chi connectivity index (χ3n) is 4.69. The minimum absolute atomic E-state index is 0.138. The van der Waals surface area contributed by atoms with Crippen LogP contribution in [0.2, 0.25) is 0 Å². The topological polar surface area (TPSA) is 49.0 Å². The first-order valence-electron chi connectivity index (χ1n) is 7.69. The summed E-state index contributed by atoms with van der Waals surface area (Å²) in [5.41, 5.74) is 2.16. The second kappa shape index (κ2) is 4.72. The van der Waals surface area contributed by atoms with Gasteiger partial charge in [0.05, 0.1) is 17.9 Å². The summed E-state index contributed by atoms with van der Waals surface area (Å²) in [6, 6.07) is 10.8. The summed E-state index contributed by atoms with van der Waals surface area (Å²) in [4.78, 5) is 22.2. The lowest BCUT2D eigenvalue weighted by molar-refractivity contribution is -0.133. The lowest BCUT2D eigenvalue weighted by atomic mass is 10.1. The maximum absolute atomic E-state index is 12.2. The molecule has 21 heavy (non-hydrogen) atoms. The second-order valence-corrected chi connectivity index (χ2v) is 6.02. The average Bonchev–Trinajstić information content (AvgIpc) is 2.99. The van der Waals surface area contributed by atoms with Crippen LogP contribution in [-0.4, -0.2) is 26.8 Å². The fourth-order valence-electron chi connectivity index (χ4n) is 3.51. The minimum atomic E-state index is 0.138. The first kappa shape index (κ1) is 12.6. The summed E-state index contributed by atoms with van der Waals surface area (Å²) in [6.45, 7) is 1.94. The van der Waals surface area contributed by atoms with E-state index < -0.39 is 0 Å². The van der Waals surface area contributed by atoms with Crippen LogP contribution in [0.1, 0.15) is 38.1 Å². The quantitative estimate of drug-likeness (QED) is 0.939. The zero-order valence-corrected chi connectivity index (χ0v) is 12.1. The maximum Gasteiger partial charge on any atom is 0.223 e. The molecule has 1 amide bonds. The van der Waals surface area contributed by atoms with E-state index in [1.54, 1.807) is 0 Å². The van der Waals surface area contributed by atoms with Gasteiger partial charge in [0, 0.05) is 12.5 Å². The molecule has 1 N–H and O–H groups in total. The Morgan fingerprint density at radius 3 is 2.90 bits per heavy atom. The Balaban J connectivity index is 1.62. The minimum Gasteiger partial charge on any atom is -0.340 e. The Bertz CT molecular complexity index is 664. The van der Waals surface area contributed by atoms with Crippen molar-refractivity contribution in [1.29, 1.82) is 0 Å². The van der Waals surface area contributed by atoms with Crippen molar-refractivity contribution in [2.24, 2.45) is 5.92 Å². The first-order valence-corrected chi connectivity index (χ1v) is 7.69. The molecule has 1 aliphatic carbocycles. The summed E-state index contributed by atoms with van der Waals surface area (Å²) in [6.07, 6.45) is 4.68. The lowest BCUT2D eigenvalue weighted by Gasteiger charge is -2.25. The number of carbonyl (C=O) groups excluding carboxylic acids is 1. The van der Waals surface area contributed by atoms with Gasteiger partial charge in [0.15, 0.2) is 0 Å². The molecule has 1 saturated carbocycles. The zero-order valence-electron chi connectivity index (χ0n) is 12.1. The molecule has 108 valence electrons. The van der Waals surface area contributed by atoms with Crippen molar-refractivity contribution >= 4 is 5.91 Å². The molecule has 0 bridgehead atoms. The third-order valence-corrected chi connectivity index (χ3v) is 4.69. The molecule has 2 fully saturated rings. The van der Waals surface area contributed by atoms with Gasteiger partial charge in [-0.1, -0.05) is 37.3 Å². The van der Waals surface area contributed by atoms with Crippen molar-refractivity contribution in [3.8, 4) is 11.3 Å². The summed E-state index contributed by atoms with van der Waals surface area (Å²) in [5, 5.41) is 0. The van der Waals surface area contributed by atoms with Crippen LogP contribution >= 0.6 is 0 Å². The standard InChI is InChI=1S/C17H19N3O/c1-2-16(21)20-14-8-12(14)9-15(20)17-18-10-13(19-17)11-6-4-3-5-7-11/h3-7,10,12,14-15H,2,8-9H2,1H3,(H,18,19). The molecular weight excluding hydrogens is 262 g/mol. The number of piperidine rings is 1. The first-order chi connectivity index (χ1) is 10.3. The van der Waals surface area contributed by atoms with Gasteiger partial charge in [0.1, 0.15) is 5.82 Å². The molecule has 0 radical (unpaired) electrons. The number of likely N-dealkylation sites (tertiary alicyclic amines) is 1. The fourth-order valence-corrected chi connectivity index (χ4v) is 3.51. The van der Waals surface area contributed by atoms with Gasteiger partial charge >= 0.3 is 0 Å². The van der Waals surface area contributed by atoms with E-state index in [9.17, 15) is 4.79 Å². The number of imidazole rings is 1. The molecule has 1 saturated heterocycles. The third kappa shape index (κ3) is 2.06. The van der Waals surface area contributed by atoms with Crippen LogP contribution in [0.25, 0.3) is 11.3 Å². The van der Waals surface area contributed by atoms with Gasteiger partial charge in [-0.25, -0.2) is 4.98 Å². The Labute approximate surface area is 124 Å². The van der Waals surface area contributed by atoms with Crippen molar-refractivity contribution < 1.29 is 4.79 Å². The molecule has 2 heterocycles. The molecule has 1 aromatic carbocycles. The van der Waals surface area contributed by atoms with E-state index in [2.05, 4.69) is 27.0 Å². The maximum atomic E-state index is 12.2. The Morgan fingerprint density at radius 2 is 2.14 bits per heavy atom. The van der Waals surface area contributed by atoms with Crippen LogP contribution in [0.4, 0.5) is 0 Å². The van der Waals surface area contributed by atoms with Crippen LogP contribution in [0.15, 0.2) is 36.5 Å². The highest BCUT2D eigenvalue weighted by Crippen LogP contribution is 2.53. The Hall–Kier alpha value is -2.10. The van der Waals surface area contributed by atoms with E-state index in [4.69, 9.17) is 0 Å². The number of carbonyl (C=O) groups is 1. The summed E-state index contributed by atoms with van der Waals surface area (Å²) in [7, 11) is 0. The lowest BCUT2D eigenvalue weighted by Crippen LogP contribution is -2.33. The second-order valence-electron chi connectivity index (χ2n) is 6.02. The van der Waals surface area contributed by atoms with Gasteiger partial charge in [-0.2, -0.15) is 0 Å². The van der Waals surface area contributed by atoms with Crippen molar-refractivity contribution in [3.05, 3.63) is 42.4 Å². The van der Waals surface area contributed by atoms with E-state index in [0.717, 1.165) is 23.5 Å². The van der Waals surface area contributed by atoms with Crippen molar-refractivity contribution in [3.63, 3.8) is 0 Å². The molecule has 4 rings (SSSR count). The molecule has 3 atom stereocenters. The van der Waals surface area contributed by atoms with Crippen LogP contribution in [-0.2, 0) is 4.79 Å². The molecule has 0 spiro atoms. The van der Waals surface area contributed by atoms with Crippen molar-refractivity contribution in [1.82, 2.24) is 14.9 Å². The predicted molar refractivity (Wildman–Crippen MR) is 80.4 cm³/mol. The largest absolute Gasteiger partial charge is 0.340 e. The van der Waals surface area contributed by atoms with E-state index in [-0.39, 0.29) is 11.9 Å². The van der Waals surface area contributed by atoms with Crippen LogP contribution in [0.3, 0.4) is 0 Å². The molecule has 4 heteroatoms. The summed E-state index contributed by atoms with van der Waals surface area (Å²) in [5.74, 6) is 1.88. The van der Waals surface area contributed by atoms with Gasteiger partial charge in [-0.05, 0) is 24.3 Å². The SMILES string of the molecule is CCC(=O)N1C(c2ncc(-c3ccccc3)[nH]2)CC2CC21. The van der Waals surface area contributed by atoms with Gasteiger partial charge in [-0.15, -0.1) is 0 Å². The van der Waals surface area contributed by atoms with Gasteiger partial charge in [0.2, 0.25) is 5.91 Å². The summed E-state index contributed by atoms with van der Waals surface area (Å²) < 4.78 is 0. The van der Waals surface area contributed by atoms with Gasteiger partial charge < -0.3 is 9.88 Å². The number of fused-ring (bicyclic) bond motifs is 1. The fraction of sp³-hybridized carbons (Fsp3) is 0.412. The smallest absolute Gasteiger partial charge is 0.223 e. The Morgan fingerprint density at radius 1 is 1.33 bits per heavy atom. The number of benzene rings is 1. The number of nitrogens with zero attached hydrogens (tertiary/aromatic N) is 2. The van der Waals surface area contributed by atoms with Crippen LogP contribution in [0.5, 0.6) is 0 Å². The number of rotatable bonds is 3. The number of aromatic amines is 1. The number of hydrogen-bond donors (Lipinski definition) is 1. The molecule has 2 aliphatic rings. The number of aromatic nitrogens is 2. The highest BCUT2D eigenvalue weighted by Gasteiger charge is 2.54. The van der Waals surface area contributed by atoms with Gasteiger partial charge in [0.25, 0.3) is 0 Å². The Kier molecular flexibility index (Phi) is 2.84. The molecule has 1 aromatic heterocycles. The molecule has 1 aliphatic heterocycles. The molecular formula is C17H19N3O. The highest BCUT2D eigenvalue weighted by atomic mass is 16.2. The number of nitrogens with one attached hydrogen (secondary N) is 1. The highest BCUT2D eigenvalue weighted by molar-refractivity contribution is 5.77. The van der Waals surface area contributed by atoms with Crippen molar-refractivity contribution in [2.75, 3.05) is 0 Å². The van der Waals surface area contributed by atoms with Gasteiger partial charge in [-0.3, -0.25) is 4.79 Å². The van der Waals surface area contributed by atoms with E-state index in [1.165, 1.54) is 6.42 Å². The average molecular weight is 281 g/mol. The number of amides is 1.